The molecule has 122 valence electrons. The monoisotopic (exact) mass is 313 g/mol. The molecule has 23 heavy (non-hydrogen) atoms. The van der Waals surface area contributed by atoms with Crippen molar-refractivity contribution in [2.24, 2.45) is 35.3 Å². The Kier molecular flexibility index (Phi) is 3.51. The lowest BCUT2D eigenvalue weighted by Crippen LogP contribution is -2.49. The zero-order chi connectivity index (χ0) is 16.0. The number of amides is 3. The van der Waals surface area contributed by atoms with Gasteiger partial charge < -0.3 is 16.4 Å². The van der Waals surface area contributed by atoms with Gasteiger partial charge in [-0.3, -0.25) is 4.79 Å². The van der Waals surface area contributed by atoms with Gasteiger partial charge in [0.25, 0.3) is 0 Å². The number of primary amides is 1. The topological polar surface area (TPSA) is 84.2 Å². The van der Waals surface area contributed by atoms with Crippen LogP contribution >= 0.6 is 0 Å². The second-order valence-electron chi connectivity index (χ2n) is 7.51. The van der Waals surface area contributed by atoms with E-state index in [1.807, 2.05) is 0 Å². The number of rotatable bonds is 3. The van der Waals surface area contributed by atoms with Crippen molar-refractivity contribution in [1.29, 1.82) is 0 Å². The molecule has 3 amide bonds. The third-order valence-electron chi connectivity index (χ3n) is 5.95. The van der Waals surface area contributed by atoms with Crippen LogP contribution in [0.5, 0.6) is 0 Å². The summed E-state index contributed by atoms with van der Waals surface area (Å²) in [6.07, 6.45) is 6.37. The zero-order valence-corrected chi connectivity index (χ0v) is 13.1. The third-order valence-corrected chi connectivity index (χ3v) is 5.95. The minimum atomic E-state index is -0.588. The molecular weight excluding hydrogens is 290 g/mol. The fourth-order valence-electron chi connectivity index (χ4n) is 5.36. The van der Waals surface area contributed by atoms with Gasteiger partial charge in [-0.05, 0) is 80.0 Å². The highest BCUT2D eigenvalue weighted by molar-refractivity contribution is 5.94. The van der Waals surface area contributed by atoms with Gasteiger partial charge in [0.05, 0.1) is 0 Å². The summed E-state index contributed by atoms with van der Waals surface area (Å²) in [5.74, 6) is 3.28. The van der Waals surface area contributed by atoms with Crippen molar-refractivity contribution < 1.29 is 9.59 Å². The summed E-state index contributed by atoms with van der Waals surface area (Å²) < 4.78 is 0. The van der Waals surface area contributed by atoms with Crippen LogP contribution in [0.1, 0.15) is 32.1 Å². The number of carbonyl (C=O) groups excluding carboxylic acids is 2. The Morgan fingerprint density at radius 3 is 1.78 bits per heavy atom. The van der Waals surface area contributed by atoms with Crippen LogP contribution in [-0.2, 0) is 4.79 Å². The third kappa shape index (κ3) is 2.80. The molecule has 0 heterocycles. The first-order chi connectivity index (χ1) is 11.1. The first-order valence-electron chi connectivity index (χ1n) is 8.56. The Hall–Kier alpha value is -2.04. The summed E-state index contributed by atoms with van der Waals surface area (Å²) in [6, 6.07) is 6.52. The number of carbonyl (C=O) groups is 2. The standard InChI is InChI=1S/C18H23N3O2/c19-18(23)21-15-3-1-14(2-4-15)20-17(22)16-12-6-10-5-11(8-12)9-13(16)7-10/h1-4,10-13,16H,5-9H2,(H,20,22)(H3,19,21,23). The van der Waals surface area contributed by atoms with Crippen LogP contribution in [0, 0.1) is 29.6 Å². The van der Waals surface area contributed by atoms with Crippen molar-refractivity contribution in [3.63, 3.8) is 0 Å². The fraction of sp³-hybridized carbons (Fsp3) is 0.556. The normalized spacial score (nSPS) is 34.2. The number of nitrogens with one attached hydrogen (secondary N) is 2. The second kappa shape index (κ2) is 5.55. The van der Waals surface area contributed by atoms with Gasteiger partial charge in [0.15, 0.2) is 0 Å². The summed E-state index contributed by atoms with van der Waals surface area (Å²) in [4.78, 5) is 23.6. The van der Waals surface area contributed by atoms with E-state index in [2.05, 4.69) is 10.6 Å². The molecule has 5 rings (SSSR count). The van der Waals surface area contributed by atoms with Gasteiger partial charge in [0, 0.05) is 17.3 Å². The Balaban J connectivity index is 1.43. The molecule has 0 aliphatic heterocycles. The summed E-state index contributed by atoms with van der Waals surface area (Å²) in [5, 5.41) is 5.58. The Bertz CT molecular complexity index is 598. The molecule has 4 aliphatic carbocycles. The summed E-state index contributed by atoms with van der Waals surface area (Å²) in [7, 11) is 0. The van der Waals surface area contributed by atoms with Gasteiger partial charge in [-0.15, -0.1) is 0 Å². The fourth-order valence-corrected chi connectivity index (χ4v) is 5.36. The number of anilines is 2. The number of benzene rings is 1. The molecule has 5 nitrogen and oxygen atoms in total. The molecule has 4 aliphatic rings. The van der Waals surface area contributed by atoms with E-state index < -0.39 is 6.03 Å². The van der Waals surface area contributed by atoms with Gasteiger partial charge in [-0.1, -0.05) is 0 Å². The molecule has 0 radical (unpaired) electrons. The second-order valence-corrected chi connectivity index (χ2v) is 7.51. The Morgan fingerprint density at radius 1 is 0.826 bits per heavy atom. The molecule has 4 saturated carbocycles. The van der Waals surface area contributed by atoms with Crippen molar-refractivity contribution in [2.75, 3.05) is 10.6 Å². The van der Waals surface area contributed by atoms with Gasteiger partial charge in [0.2, 0.25) is 5.91 Å². The maximum atomic E-state index is 12.8. The van der Waals surface area contributed by atoms with E-state index >= 15 is 0 Å². The van der Waals surface area contributed by atoms with Crippen LogP contribution in [0.25, 0.3) is 0 Å². The van der Waals surface area contributed by atoms with Gasteiger partial charge in [0.1, 0.15) is 0 Å². The molecule has 0 aromatic heterocycles. The van der Waals surface area contributed by atoms with E-state index in [0.717, 1.165) is 17.5 Å². The quantitative estimate of drug-likeness (QED) is 0.800. The Labute approximate surface area is 136 Å². The predicted molar refractivity (Wildman–Crippen MR) is 88.8 cm³/mol. The van der Waals surface area contributed by atoms with Crippen LogP contribution in [0.15, 0.2) is 24.3 Å². The van der Waals surface area contributed by atoms with Crippen LogP contribution in [0.4, 0.5) is 16.2 Å². The van der Waals surface area contributed by atoms with Gasteiger partial charge in [-0.2, -0.15) is 0 Å². The van der Waals surface area contributed by atoms with Crippen molar-refractivity contribution in [2.45, 2.75) is 32.1 Å². The Morgan fingerprint density at radius 2 is 1.30 bits per heavy atom. The van der Waals surface area contributed by atoms with Crippen molar-refractivity contribution >= 4 is 23.3 Å². The number of hydrogen-bond donors (Lipinski definition) is 3. The highest BCUT2D eigenvalue weighted by Gasteiger charge is 2.50. The van der Waals surface area contributed by atoms with Crippen molar-refractivity contribution in [1.82, 2.24) is 0 Å². The molecule has 1 aromatic rings. The van der Waals surface area contributed by atoms with E-state index in [1.165, 1.54) is 32.1 Å². The maximum absolute atomic E-state index is 12.8. The molecule has 4 fully saturated rings. The van der Waals surface area contributed by atoms with Crippen LogP contribution in [0.3, 0.4) is 0 Å². The zero-order valence-electron chi connectivity index (χ0n) is 13.1. The van der Waals surface area contributed by atoms with E-state index in [4.69, 9.17) is 5.73 Å². The average Bonchev–Trinajstić information content (AvgIpc) is 2.47. The molecule has 4 N–H and O–H groups in total. The number of urea groups is 1. The van der Waals surface area contributed by atoms with E-state index in [9.17, 15) is 9.59 Å². The minimum absolute atomic E-state index is 0.175. The van der Waals surface area contributed by atoms with E-state index in [1.54, 1.807) is 24.3 Å². The molecular formula is C18H23N3O2. The lowest BCUT2D eigenvalue weighted by atomic mass is 9.51. The highest BCUT2D eigenvalue weighted by atomic mass is 16.2. The van der Waals surface area contributed by atoms with Crippen LogP contribution in [0.2, 0.25) is 0 Å². The number of nitrogens with two attached hydrogens (primary N) is 1. The smallest absolute Gasteiger partial charge is 0.316 e. The highest BCUT2D eigenvalue weighted by Crippen LogP contribution is 2.56. The molecule has 4 bridgehead atoms. The molecule has 5 heteroatoms. The van der Waals surface area contributed by atoms with Crippen LogP contribution in [-0.4, -0.2) is 11.9 Å². The first kappa shape index (κ1) is 14.5. The van der Waals surface area contributed by atoms with Gasteiger partial charge in [-0.25, -0.2) is 4.79 Å². The first-order valence-corrected chi connectivity index (χ1v) is 8.56. The molecule has 0 atom stereocenters. The average molecular weight is 313 g/mol. The summed E-state index contributed by atoms with van der Waals surface area (Å²) in [6.45, 7) is 0. The van der Waals surface area contributed by atoms with Crippen molar-refractivity contribution in [3.8, 4) is 0 Å². The SMILES string of the molecule is NC(=O)Nc1ccc(NC(=O)C2C3CC4CC(C3)CC2C4)cc1. The predicted octanol–water partition coefficient (Wildman–Crippen LogP) is 3.19. The van der Waals surface area contributed by atoms with Crippen LogP contribution < -0.4 is 16.4 Å². The largest absolute Gasteiger partial charge is 0.351 e. The summed E-state index contributed by atoms with van der Waals surface area (Å²) >= 11 is 0. The van der Waals surface area contributed by atoms with Gasteiger partial charge >= 0.3 is 6.03 Å². The summed E-state index contributed by atoms with van der Waals surface area (Å²) in [5.41, 5.74) is 6.49. The van der Waals surface area contributed by atoms with E-state index in [-0.39, 0.29) is 11.8 Å². The molecule has 0 saturated heterocycles. The number of hydrogen-bond acceptors (Lipinski definition) is 2. The van der Waals surface area contributed by atoms with Crippen molar-refractivity contribution in [3.05, 3.63) is 24.3 Å². The maximum Gasteiger partial charge on any atom is 0.316 e. The molecule has 0 unspecified atom stereocenters. The molecule has 1 aromatic carbocycles. The lowest BCUT2D eigenvalue weighted by Gasteiger charge is -2.53. The van der Waals surface area contributed by atoms with E-state index in [0.29, 0.717) is 17.5 Å². The lowest BCUT2D eigenvalue weighted by molar-refractivity contribution is -0.132. The molecule has 0 spiro atoms. The minimum Gasteiger partial charge on any atom is -0.351 e.